The third-order valence-electron chi connectivity index (χ3n) is 11.0. The van der Waals surface area contributed by atoms with Gasteiger partial charge in [0, 0.05) is 33.5 Å². The molecule has 0 radical (unpaired) electrons. The first-order valence-corrected chi connectivity index (χ1v) is 15.9. The lowest BCUT2D eigenvalue weighted by Gasteiger charge is -2.50. The molecule has 2 aromatic heterocycles. The Morgan fingerprint density at radius 2 is 1.34 bits per heavy atom. The number of rotatable bonds is 3. The second-order valence-corrected chi connectivity index (χ2v) is 13.1. The molecule has 0 spiro atoms. The van der Waals surface area contributed by atoms with Gasteiger partial charge in [-0.25, -0.2) is 0 Å². The van der Waals surface area contributed by atoms with Crippen molar-refractivity contribution in [2.24, 2.45) is 0 Å². The number of aromatic nitrogens is 2. The van der Waals surface area contributed by atoms with Gasteiger partial charge in [-0.2, -0.15) is 0 Å². The normalized spacial score (nSPS) is 21.2. The minimum Gasteiger partial charge on any atom is -0.333 e. The summed E-state index contributed by atoms with van der Waals surface area (Å²) in [6, 6.07) is 42.5. The maximum absolute atomic E-state index is 4.62. The van der Waals surface area contributed by atoms with E-state index in [0.29, 0.717) is 0 Å². The largest absolute Gasteiger partial charge is 0.333 e. The number of fused-ring (bicyclic) bond motifs is 7. The third kappa shape index (κ3) is 3.35. The molecule has 0 bridgehead atoms. The molecule has 3 nitrogen and oxygen atoms in total. The van der Waals surface area contributed by atoms with Gasteiger partial charge in [0.1, 0.15) is 0 Å². The predicted octanol–water partition coefficient (Wildman–Crippen LogP) is 10.7. The van der Waals surface area contributed by atoms with Gasteiger partial charge in [-0.3, -0.25) is 4.98 Å². The minimum atomic E-state index is 0.00609. The van der Waals surface area contributed by atoms with E-state index in [4.69, 9.17) is 0 Å². The van der Waals surface area contributed by atoms with Gasteiger partial charge < -0.3 is 9.47 Å². The van der Waals surface area contributed by atoms with Gasteiger partial charge in [-0.05, 0) is 78.2 Å². The second kappa shape index (κ2) is 9.30. The van der Waals surface area contributed by atoms with Gasteiger partial charge in [0.2, 0.25) is 0 Å². The van der Waals surface area contributed by atoms with E-state index >= 15 is 0 Å². The lowest BCUT2D eigenvalue weighted by molar-refractivity contribution is 0.195. The van der Waals surface area contributed by atoms with Crippen LogP contribution >= 0.6 is 0 Å². The molecule has 9 rings (SSSR count). The molecule has 214 valence electrons. The van der Waals surface area contributed by atoms with E-state index in [1.807, 2.05) is 6.20 Å². The van der Waals surface area contributed by atoms with Crippen LogP contribution in [-0.4, -0.2) is 15.1 Å². The Kier molecular flexibility index (Phi) is 5.41. The minimum absolute atomic E-state index is 0.00609. The lowest BCUT2D eigenvalue weighted by Crippen LogP contribution is -2.54. The van der Waals surface area contributed by atoms with E-state index in [1.54, 1.807) is 0 Å². The Hall–Kier alpha value is -4.89. The van der Waals surface area contributed by atoms with Crippen LogP contribution < -0.4 is 4.90 Å². The average molecular weight is 570 g/mol. The summed E-state index contributed by atoms with van der Waals surface area (Å²) in [6.45, 7) is 4.97. The maximum atomic E-state index is 4.62. The maximum Gasteiger partial charge on any atom is 0.0641 e. The van der Waals surface area contributed by atoms with Crippen LogP contribution in [0.2, 0.25) is 0 Å². The number of pyridine rings is 1. The molecule has 7 aromatic rings. The topological polar surface area (TPSA) is 21.1 Å². The molecule has 1 aliphatic carbocycles. The van der Waals surface area contributed by atoms with Crippen LogP contribution in [0.4, 0.5) is 11.4 Å². The van der Waals surface area contributed by atoms with Gasteiger partial charge in [-0.15, -0.1) is 0 Å². The summed E-state index contributed by atoms with van der Waals surface area (Å²) in [6.07, 6.45) is 9.01. The van der Waals surface area contributed by atoms with Crippen molar-refractivity contribution >= 4 is 44.0 Å². The molecule has 3 heterocycles. The average Bonchev–Trinajstić information content (AvgIpc) is 3.50. The fraction of sp³-hybridized carbons (Fsp3) is 0.195. The number of anilines is 2. The molecule has 2 unspecified atom stereocenters. The number of hydrogen-bond acceptors (Lipinski definition) is 2. The molecule has 0 N–H and O–H groups in total. The molecule has 0 amide bonds. The van der Waals surface area contributed by atoms with Gasteiger partial charge in [0.05, 0.1) is 34.1 Å². The zero-order valence-corrected chi connectivity index (χ0v) is 25.3. The predicted molar refractivity (Wildman–Crippen MR) is 184 cm³/mol. The number of para-hydroxylation sites is 1. The molecular weight excluding hydrogens is 534 g/mol. The van der Waals surface area contributed by atoms with Gasteiger partial charge in [-0.1, -0.05) is 98.6 Å². The smallest absolute Gasteiger partial charge is 0.0641 e. The van der Waals surface area contributed by atoms with Crippen molar-refractivity contribution in [1.29, 1.82) is 0 Å². The van der Waals surface area contributed by atoms with Crippen molar-refractivity contribution in [2.75, 3.05) is 4.90 Å². The van der Waals surface area contributed by atoms with Crippen molar-refractivity contribution in [3.8, 4) is 16.8 Å². The summed E-state index contributed by atoms with van der Waals surface area (Å²) in [5, 5.41) is 5.09. The van der Waals surface area contributed by atoms with Crippen molar-refractivity contribution in [1.82, 2.24) is 9.55 Å². The monoisotopic (exact) mass is 569 g/mol. The van der Waals surface area contributed by atoms with Crippen LogP contribution in [0.15, 0.2) is 128 Å². The molecule has 1 fully saturated rings. The van der Waals surface area contributed by atoms with Crippen LogP contribution in [0.3, 0.4) is 0 Å². The zero-order valence-electron chi connectivity index (χ0n) is 25.3. The first-order valence-electron chi connectivity index (χ1n) is 15.9. The third-order valence-corrected chi connectivity index (χ3v) is 11.0. The molecule has 1 aliphatic heterocycles. The Bertz CT molecular complexity index is 2230. The molecular formula is C41H35N3. The number of hydrogen-bond donors (Lipinski definition) is 0. The van der Waals surface area contributed by atoms with E-state index in [1.165, 1.54) is 92.0 Å². The summed E-state index contributed by atoms with van der Waals surface area (Å²) < 4.78 is 2.47. The van der Waals surface area contributed by atoms with Crippen molar-refractivity contribution in [2.45, 2.75) is 50.5 Å². The van der Waals surface area contributed by atoms with E-state index in [2.05, 4.69) is 150 Å². The zero-order chi connectivity index (χ0) is 29.5. The highest BCUT2D eigenvalue weighted by Gasteiger charge is 2.57. The number of benzene rings is 5. The highest BCUT2D eigenvalue weighted by Crippen LogP contribution is 2.60. The van der Waals surface area contributed by atoms with E-state index in [0.717, 1.165) is 0 Å². The van der Waals surface area contributed by atoms with Crippen molar-refractivity contribution < 1.29 is 0 Å². The fourth-order valence-electron chi connectivity index (χ4n) is 8.70. The van der Waals surface area contributed by atoms with E-state index < -0.39 is 0 Å². The standard InChI is InChI=1S/C41H35N3/c1-40-23-10-11-24-41(40,2)44(39-27-42-25-22-35(39)40)29-18-20-38-34(26-29)33-16-8-9-17-36(33)43(38)37-21-19-30(28-12-4-3-5-13-28)31-14-6-7-15-32(31)37/h3-9,12-22,25-27H,10-11,23-24H2,1-2H3. The Morgan fingerprint density at radius 1 is 0.614 bits per heavy atom. The molecule has 2 atom stereocenters. The molecule has 2 aliphatic rings. The van der Waals surface area contributed by atoms with Crippen LogP contribution in [-0.2, 0) is 5.41 Å². The van der Waals surface area contributed by atoms with Crippen molar-refractivity contribution in [3.63, 3.8) is 0 Å². The first-order chi connectivity index (χ1) is 21.6. The Labute approximate surface area is 258 Å². The van der Waals surface area contributed by atoms with Crippen LogP contribution in [0.25, 0.3) is 49.4 Å². The molecule has 1 saturated carbocycles. The second-order valence-electron chi connectivity index (χ2n) is 13.1. The summed E-state index contributed by atoms with van der Waals surface area (Å²) >= 11 is 0. The quantitative estimate of drug-likeness (QED) is 0.211. The van der Waals surface area contributed by atoms with Crippen molar-refractivity contribution in [3.05, 3.63) is 133 Å². The van der Waals surface area contributed by atoms with E-state index in [9.17, 15) is 0 Å². The summed E-state index contributed by atoms with van der Waals surface area (Å²) in [5.74, 6) is 0. The Balaban J connectivity index is 1.28. The van der Waals surface area contributed by atoms with Crippen LogP contribution in [0.5, 0.6) is 0 Å². The highest BCUT2D eigenvalue weighted by atomic mass is 15.3. The highest BCUT2D eigenvalue weighted by molar-refractivity contribution is 6.12. The molecule has 44 heavy (non-hydrogen) atoms. The molecule has 3 heteroatoms. The summed E-state index contributed by atoms with van der Waals surface area (Å²) in [7, 11) is 0. The lowest BCUT2D eigenvalue weighted by atomic mass is 9.61. The summed E-state index contributed by atoms with van der Waals surface area (Å²) in [4.78, 5) is 7.25. The van der Waals surface area contributed by atoms with Gasteiger partial charge in [0.15, 0.2) is 0 Å². The van der Waals surface area contributed by atoms with Gasteiger partial charge >= 0.3 is 0 Å². The number of nitrogens with zero attached hydrogens (tertiary/aromatic N) is 3. The van der Waals surface area contributed by atoms with E-state index in [-0.39, 0.29) is 11.0 Å². The Morgan fingerprint density at radius 3 is 2.20 bits per heavy atom. The first kappa shape index (κ1) is 25.6. The summed E-state index contributed by atoms with van der Waals surface area (Å²) in [5.41, 5.74) is 10.3. The fourth-order valence-corrected chi connectivity index (χ4v) is 8.70. The molecule has 5 aromatic carbocycles. The van der Waals surface area contributed by atoms with Gasteiger partial charge in [0.25, 0.3) is 0 Å². The van der Waals surface area contributed by atoms with Crippen LogP contribution in [0.1, 0.15) is 45.1 Å². The SMILES string of the molecule is CC12CCCCC1(C)N(c1ccc3c(c1)c1ccccc1n3-c1ccc(-c3ccccc3)c3ccccc13)c1cnccc12. The molecule has 0 saturated heterocycles. The van der Waals surface area contributed by atoms with Crippen LogP contribution in [0, 0.1) is 0 Å².